The first-order chi connectivity index (χ1) is 8.17. The number of esters is 1. The molecule has 0 saturated carbocycles. The summed E-state index contributed by atoms with van der Waals surface area (Å²) in [6, 6.07) is 5.96. The number of nitrogens with zero attached hydrogens (tertiary/aromatic N) is 1. The topological polar surface area (TPSA) is 31.2 Å². The van der Waals surface area contributed by atoms with E-state index in [4.69, 9.17) is 4.74 Å². The lowest BCUT2D eigenvalue weighted by molar-refractivity contribution is -0.144. The maximum atomic E-state index is 13.1. The van der Waals surface area contributed by atoms with Crippen molar-refractivity contribution in [1.82, 2.24) is 4.57 Å². The first-order valence-corrected chi connectivity index (χ1v) is 5.51. The number of carbonyl (C=O) groups excluding carboxylic acids is 1. The maximum absolute atomic E-state index is 13.1. The predicted octanol–water partition coefficient (Wildman–Crippen LogP) is 2.90. The summed E-state index contributed by atoms with van der Waals surface area (Å²) in [5, 5.41) is 0.785. The van der Waals surface area contributed by atoms with Gasteiger partial charge in [-0.3, -0.25) is 0 Å². The third-order valence-electron chi connectivity index (χ3n) is 2.88. The Morgan fingerprint density at radius 2 is 2.24 bits per heavy atom. The zero-order valence-corrected chi connectivity index (χ0v) is 9.81. The summed E-state index contributed by atoms with van der Waals surface area (Å²) in [6.45, 7) is 1.91. The minimum Gasteiger partial charge on any atom is -0.467 e. The van der Waals surface area contributed by atoms with E-state index in [1.807, 2.05) is 11.5 Å². The molecular formula is C13H14FNO2. The van der Waals surface area contributed by atoms with Crippen molar-refractivity contribution >= 4 is 16.9 Å². The van der Waals surface area contributed by atoms with Crippen LogP contribution in [0.25, 0.3) is 10.9 Å². The molecule has 3 nitrogen and oxygen atoms in total. The van der Waals surface area contributed by atoms with Gasteiger partial charge in [0, 0.05) is 17.1 Å². The maximum Gasteiger partial charge on any atom is 0.328 e. The Morgan fingerprint density at radius 1 is 1.47 bits per heavy atom. The number of methoxy groups -OCH3 is 1. The number of carbonyl (C=O) groups is 1. The summed E-state index contributed by atoms with van der Waals surface area (Å²) < 4.78 is 19.6. The molecule has 0 spiro atoms. The van der Waals surface area contributed by atoms with Gasteiger partial charge in [-0.25, -0.2) is 9.18 Å². The van der Waals surface area contributed by atoms with Crippen LogP contribution in [0.2, 0.25) is 0 Å². The lowest BCUT2D eigenvalue weighted by Gasteiger charge is -2.15. The Kier molecular flexibility index (Phi) is 3.13. The molecule has 4 heteroatoms. The molecule has 0 aliphatic carbocycles. The van der Waals surface area contributed by atoms with E-state index in [9.17, 15) is 9.18 Å². The highest BCUT2D eigenvalue weighted by Crippen LogP contribution is 2.23. The Labute approximate surface area is 98.8 Å². The van der Waals surface area contributed by atoms with Gasteiger partial charge < -0.3 is 9.30 Å². The number of halogens is 1. The van der Waals surface area contributed by atoms with E-state index in [0.717, 1.165) is 10.9 Å². The van der Waals surface area contributed by atoms with Gasteiger partial charge in [0.1, 0.15) is 11.9 Å². The standard InChI is InChI=1S/C13H14FNO2/c1-3-11(13(16)17-2)15-7-6-9-8-10(14)4-5-12(9)15/h4-8,11H,3H2,1-2H3. The van der Waals surface area contributed by atoms with Crippen molar-refractivity contribution in [2.75, 3.05) is 7.11 Å². The molecule has 2 aromatic rings. The number of hydrogen-bond acceptors (Lipinski definition) is 2. The normalized spacial score (nSPS) is 12.6. The lowest BCUT2D eigenvalue weighted by Crippen LogP contribution is -2.19. The van der Waals surface area contributed by atoms with E-state index in [-0.39, 0.29) is 17.8 Å². The molecule has 0 bridgehead atoms. The fraction of sp³-hybridized carbons (Fsp3) is 0.308. The SMILES string of the molecule is CCC(C(=O)OC)n1ccc2cc(F)ccc21. The van der Waals surface area contributed by atoms with Crippen LogP contribution in [0.1, 0.15) is 19.4 Å². The zero-order valence-electron chi connectivity index (χ0n) is 9.81. The van der Waals surface area contributed by atoms with E-state index < -0.39 is 0 Å². The molecule has 1 aromatic carbocycles. The predicted molar refractivity (Wildman–Crippen MR) is 63.2 cm³/mol. The number of aromatic nitrogens is 1. The van der Waals surface area contributed by atoms with E-state index >= 15 is 0 Å². The van der Waals surface area contributed by atoms with Crippen LogP contribution in [0.15, 0.2) is 30.5 Å². The van der Waals surface area contributed by atoms with Crippen LogP contribution in [0.3, 0.4) is 0 Å². The molecular weight excluding hydrogens is 221 g/mol. The Hall–Kier alpha value is -1.84. The third kappa shape index (κ3) is 2.02. The Bertz CT molecular complexity index is 547. The number of hydrogen-bond donors (Lipinski definition) is 0. The van der Waals surface area contributed by atoms with Gasteiger partial charge in [-0.15, -0.1) is 0 Å². The van der Waals surface area contributed by atoms with Crippen LogP contribution in [0.4, 0.5) is 4.39 Å². The fourth-order valence-electron chi connectivity index (χ4n) is 2.02. The molecule has 0 saturated heterocycles. The van der Waals surface area contributed by atoms with E-state index in [2.05, 4.69) is 0 Å². The van der Waals surface area contributed by atoms with Gasteiger partial charge in [0.05, 0.1) is 7.11 Å². The average molecular weight is 235 g/mol. The van der Waals surface area contributed by atoms with Crippen molar-refractivity contribution in [2.45, 2.75) is 19.4 Å². The van der Waals surface area contributed by atoms with Crippen molar-refractivity contribution in [3.05, 3.63) is 36.3 Å². The molecule has 1 atom stereocenters. The molecule has 0 aliphatic heterocycles. The second kappa shape index (κ2) is 4.57. The average Bonchev–Trinajstić information content (AvgIpc) is 2.73. The van der Waals surface area contributed by atoms with Crippen molar-refractivity contribution in [3.8, 4) is 0 Å². The van der Waals surface area contributed by atoms with Gasteiger partial charge in [0.15, 0.2) is 0 Å². The van der Waals surface area contributed by atoms with E-state index in [0.29, 0.717) is 6.42 Å². The monoisotopic (exact) mass is 235 g/mol. The van der Waals surface area contributed by atoms with Crippen LogP contribution in [0.5, 0.6) is 0 Å². The second-order valence-electron chi connectivity index (χ2n) is 3.87. The fourth-order valence-corrected chi connectivity index (χ4v) is 2.02. The molecule has 0 N–H and O–H groups in total. The van der Waals surface area contributed by atoms with Crippen LogP contribution >= 0.6 is 0 Å². The molecule has 90 valence electrons. The third-order valence-corrected chi connectivity index (χ3v) is 2.88. The first-order valence-electron chi connectivity index (χ1n) is 5.51. The summed E-state index contributed by atoms with van der Waals surface area (Å²) in [5.41, 5.74) is 0.837. The first kappa shape index (κ1) is 11.6. The quantitative estimate of drug-likeness (QED) is 0.766. The summed E-state index contributed by atoms with van der Waals surface area (Å²) >= 11 is 0. The van der Waals surface area contributed by atoms with Crippen molar-refractivity contribution in [2.24, 2.45) is 0 Å². The van der Waals surface area contributed by atoms with Gasteiger partial charge in [-0.05, 0) is 30.7 Å². The molecule has 0 radical (unpaired) electrons. The summed E-state index contributed by atoms with van der Waals surface area (Å²) in [4.78, 5) is 11.6. The van der Waals surface area contributed by atoms with E-state index in [1.54, 1.807) is 18.3 Å². The second-order valence-corrected chi connectivity index (χ2v) is 3.87. The number of ether oxygens (including phenoxy) is 1. The molecule has 0 aliphatic rings. The van der Waals surface area contributed by atoms with Crippen LogP contribution in [-0.4, -0.2) is 17.6 Å². The molecule has 0 fully saturated rings. The smallest absolute Gasteiger partial charge is 0.328 e. The largest absolute Gasteiger partial charge is 0.467 e. The molecule has 2 rings (SSSR count). The van der Waals surface area contributed by atoms with Crippen molar-refractivity contribution in [1.29, 1.82) is 0 Å². The van der Waals surface area contributed by atoms with Gasteiger partial charge in [0.2, 0.25) is 0 Å². The van der Waals surface area contributed by atoms with Crippen molar-refractivity contribution < 1.29 is 13.9 Å². The Balaban J connectivity index is 2.51. The van der Waals surface area contributed by atoms with Crippen LogP contribution in [0, 0.1) is 5.82 Å². The highest BCUT2D eigenvalue weighted by atomic mass is 19.1. The highest BCUT2D eigenvalue weighted by molar-refractivity contribution is 5.83. The molecule has 1 unspecified atom stereocenters. The zero-order chi connectivity index (χ0) is 12.4. The van der Waals surface area contributed by atoms with E-state index in [1.165, 1.54) is 19.2 Å². The van der Waals surface area contributed by atoms with Gasteiger partial charge in [0.25, 0.3) is 0 Å². The number of benzene rings is 1. The Morgan fingerprint density at radius 3 is 2.88 bits per heavy atom. The summed E-state index contributed by atoms with van der Waals surface area (Å²) in [6.07, 6.45) is 2.42. The van der Waals surface area contributed by atoms with Gasteiger partial charge >= 0.3 is 5.97 Å². The molecule has 0 amide bonds. The van der Waals surface area contributed by atoms with Crippen molar-refractivity contribution in [3.63, 3.8) is 0 Å². The molecule has 1 heterocycles. The molecule has 17 heavy (non-hydrogen) atoms. The van der Waals surface area contributed by atoms with Crippen LogP contribution < -0.4 is 0 Å². The van der Waals surface area contributed by atoms with Gasteiger partial charge in [-0.1, -0.05) is 6.92 Å². The van der Waals surface area contributed by atoms with Crippen LogP contribution in [-0.2, 0) is 9.53 Å². The minimum absolute atomic E-state index is 0.277. The van der Waals surface area contributed by atoms with Gasteiger partial charge in [-0.2, -0.15) is 0 Å². The summed E-state index contributed by atoms with van der Waals surface area (Å²) in [5.74, 6) is -0.560. The number of fused-ring (bicyclic) bond motifs is 1. The number of rotatable bonds is 3. The molecule has 1 aromatic heterocycles. The summed E-state index contributed by atoms with van der Waals surface area (Å²) in [7, 11) is 1.37. The highest BCUT2D eigenvalue weighted by Gasteiger charge is 2.20. The minimum atomic E-state index is -0.358. The lowest BCUT2D eigenvalue weighted by atomic mass is 10.2.